The van der Waals surface area contributed by atoms with Gasteiger partial charge in [-0.2, -0.15) is 0 Å². The maximum Gasteiger partial charge on any atom is 0.337 e. The molecule has 1 aliphatic heterocycles. The molecule has 0 spiro atoms. The van der Waals surface area contributed by atoms with E-state index in [0.717, 1.165) is 5.57 Å². The van der Waals surface area contributed by atoms with Crippen molar-refractivity contribution in [3.63, 3.8) is 0 Å². The van der Waals surface area contributed by atoms with E-state index in [-0.39, 0.29) is 5.57 Å². The van der Waals surface area contributed by atoms with Gasteiger partial charge < -0.3 is 19.7 Å². The third-order valence-corrected chi connectivity index (χ3v) is 4.68. The highest BCUT2D eigenvalue weighted by Gasteiger charge is 2.59. The van der Waals surface area contributed by atoms with Crippen molar-refractivity contribution in [3.05, 3.63) is 47.1 Å². The molecule has 1 aliphatic carbocycles. The van der Waals surface area contributed by atoms with Gasteiger partial charge in [0.1, 0.15) is 6.10 Å². The zero-order valence-corrected chi connectivity index (χ0v) is 15.6. The Morgan fingerprint density at radius 1 is 1.42 bits per heavy atom. The van der Waals surface area contributed by atoms with Gasteiger partial charge in [0.05, 0.1) is 5.57 Å². The maximum absolute atomic E-state index is 12.2. The molecule has 0 amide bonds. The van der Waals surface area contributed by atoms with Gasteiger partial charge in [0, 0.05) is 6.08 Å². The van der Waals surface area contributed by atoms with E-state index in [1.165, 1.54) is 6.08 Å². The number of aliphatic hydroxyl groups is 2. The van der Waals surface area contributed by atoms with Gasteiger partial charge in [-0.15, -0.1) is 0 Å². The maximum atomic E-state index is 12.2. The first-order valence-corrected chi connectivity index (χ1v) is 8.57. The Morgan fingerprint density at radius 2 is 2.08 bits per heavy atom. The Bertz CT molecular complexity index is 710. The monoisotopic (exact) mass is 362 g/mol. The molecule has 1 fully saturated rings. The summed E-state index contributed by atoms with van der Waals surface area (Å²) < 4.78 is 10.7. The van der Waals surface area contributed by atoms with Crippen molar-refractivity contribution in [2.75, 3.05) is 0 Å². The van der Waals surface area contributed by atoms with Crippen LogP contribution in [0.4, 0.5) is 0 Å². The molecule has 0 aromatic heterocycles. The minimum Gasteiger partial charge on any atom is -0.452 e. The Hall–Kier alpha value is -2.18. The van der Waals surface area contributed by atoms with Crippen LogP contribution in [0, 0.1) is 0 Å². The lowest BCUT2D eigenvalue weighted by Gasteiger charge is -2.37. The number of fused-ring (bicyclic) bond motifs is 1. The number of hydrogen-bond acceptors (Lipinski definition) is 6. The summed E-state index contributed by atoms with van der Waals surface area (Å²) in [5.41, 5.74) is -0.155. The summed E-state index contributed by atoms with van der Waals surface area (Å²) in [6.07, 6.45) is 2.22. The number of rotatable bonds is 2. The number of aliphatic hydroxyl groups excluding tert-OH is 1. The summed E-state index contributed by atoms with van der Waals surface area (Å²) in [4.78, 5) is 24.3. The summed E-state index contributed by atoms with van der Waals surface area (Å²) in [7, 11) is 0. The predicted molar refractivity (Wildman–Crippen MR) is 96.0 cm³/mol. The van der Waals surface area contributed by atoms with Crippen LogP contribution >= 0.6 is 0 Å². The second kappa shape index (κ2) is 7.60. The van der Waals surface area contributed by atoms with Crippen molar-refractivity contribution in [1.29, 1.82) is 0 Å². The molecule has 0 aromatic rings. The molecule has 0 bridgehead atoms. The first-order valence-electron chi connectivity index (χ1n) is 8.57. The zero-order valence-electron chi connectivity index (χ0n) is 15.6. The molecular weight excluding hydrogens is 336 g/mol. The van der Waals surface area contributed by atoms with Crippen molar-refractivity contribution < 1.29 is 29.3 Å². The van der Waals surface area contributed by atoms with E-state index in [1.807, 2.05) is 13.0 Å². The number of carbonyl (C=O) groups is 2. The minimum absolute atomic E-state index is 0.242. The molecule has 0 unspecified atom stereocenters. The van der Waals surface area contributed by atoms with E-state index in [1.54, 1.807) is 26.8 Å². The summed E-state index contributed by atoms with van der Waals surface area (Å²) >= 11 is 0. The molecule has 142 valence electrons. The highest BCUT2D eigenvalue weighted by Crippen LogP contribution is 2.40. The molecule has 0 saturated carbocycles. The molecule has 6 nitrogen and oxygen atoms in total. The van der Waals surface area contributed by atoms with Crippen LogP contribution in [0.2, 0.25) is 0 Å². The Morgan fingerprint density at radius 3 is 2.69 bits per heavy atom. The van der Waals surface area contributed by atoms with Crippen LogP contribution in [-0.2, 0) is 19.1 Å². The summed E-state index contributed by atoms with van der Waals surface area (Å²) in [6.45, 7) is 10.6. The molecule has 2 rings (SSSR count). The van der Waals surface area contributed by atoms with Gasteiger partial charge in [0.2, 0.25) is 0 Å². The van der Waals surface area contributed by atoms with Gasteiger partial charge in [-0.25, -0.2) is 9.59 Å². The summed E-state index contributed by atoms with van der Waals surface area (Å²) in [5.74, 6) is -1.50. The van der Waals surface area contributed by atoms with Crippen LogP contribution in [0.5, 0.6) is 0 Å². The smallest absolute Gasteiger partial charge is 0.337 e. The first-order chi connectivity index (χ1) is 12.1. The van der Waals surface area contributed by atoms with Crippen molar-refractivity contribution in [2.24, 2.45) is 0 Å². The van der Waals surface area contributed by atoms with Crippen LogP contribution in [0.25, 0.3) is 0 Å². The molecule has 1 saturated heterocycles. The van der Waals surface area contributed by atoms with Crippen LogP contribution in [0.3, 0.4) is 0 Å². The van der Waals surface area contributed by atoms with Crippen molar-refractivity contribution in [2.45, 2.75) is 64.4 Å². The molecule has 6 heteroatoms. The summed E-state index contributed by atoms with van der Waals surface area (Å²) in [6, 6.07) is 0. The standard InChI is InChI=1S/C20H26O6/c1-11(2)9-16(21)26-18-17(22)13(4)8-6-7-12(3)10-15-20(18,24)14(5)19(23)25-15/h8-10,15,17-18,22,24H,5-7H2,1-4H3/b12-10+,13-8+/t15-,17+,18-,20+/m0/s1. The zero-order chi connectivity index (χ0) is 19.6. The second-order valence-corrected chi connectivity index (χ2v) is 7.15. The third kappa shape index (κ3) is 3.81. The van der Waals surface area contributed by atoms with Gasteiger partial charge >= 0.3 is 11.9 Å². The van der Waals surface area contributed by atoms with Crippen molar-refractivity contribution >= 4 is 11.9 Å². The SMILES string of the molecule is C=C1C(=O)O[C@H]2/C=C(\C)CC/C=C(\C)[C@@H](O)[C@H](OC(=O)C=C(C)C)[C@@]12O. The number of allylic oxidation sites excluding steroid dienone is 3. The van der Waals surface area contributed by atoms with E-state index in [9.17, 15) is 19.8 Å². The average molecular weight is 362 g/mol. The molecule has 26 heavy (non-hydrogen) atoms. The number of carbonyl (C=O) groups excluding carboxylic acids is 2. The Balaban J connectivity index is 2.57. The number of hydrogen-bond donors (Lipinski definition) is 2. The second-order valence-electron chi connectivity index (χ2n) is 7.15. The lowest BCUT2D eigenvalue weighted by atomic mass is 9.79. The Labute approximate surface area is 153 Å². The van der Waals surface area contributed by atoms with Crippen molar-refractivity contribution in [3.8, 4) is 0 Å². The number of ether oxygens (including phenoxy) is 2. The van der Waals surface area contributed by atoms with E-state index in [2.05, 4.69) is 6.58 Å². The predicted octanol–water partition coefficient (Wildman–Crippen LogP) is 2.12. The third-order valence-electron chi connectivity index (χ3n) is 4.68. The first kappa shape index (κ1) is 20.1. The largest absolute Gasteiger partial charge is 0.452 e. The molecular formula is C20H26O6. The molecule has 4 atom stereocenters. The van der Waals surface area contributed by atoms with Crippen molar-refractivity contribution in [1.82, 2.24) is 0 Å². The van der Waals surface area contributed by atoms with Gasteiger partial charge in [-0.1, -0.05) is 23.8 Å². The minimum atomic E-state index is -2.06. The van der Waals surface area contributed by atoms with E-state index in [0.29, 0.717) is 24.0 Å². The van der Waals surface area contributed by atoms with E-state index < -0.39 is 35.9 Å². The molecule has 2 N–H and O–H groups in total. The molecule has 2 aliphatic rings. The van der Waals surface area contributed by atoms with Crippen LogP contribution in [0.15, 0.2) is 47.1 Å². The fourth-order valence-electron chi connectivity index (χ4n) is 3.12. The van der Waals surface area contributed by atoms with Crippen LogP contribution < -0.4 is 0 Å². The highest BCUT2D eigenvalue weighted by molar-refractivity contribution is 5.94. The molecule has 1 heterocycles. The Kier molecular flexibility index (Phi) is 5.88. The van der Waals surface area contributed by atoms with E-state index >= 15 is 0 Å². The van der Waals surface area contributed by atoms with Crippen LogP contribution in [-0.4, -0.2) is 46.1 Å². The quantitative estimate of drug-likeness (QED) is 0.444. The number of esters is 2. The lowest BCUT2D eigenvalue weighted by Crippen LogP contribution is -2.57. The fourth-order valence-corrected chi connectivity index (χ4v) is 3.12. The normalized spacial score (nSPS) is 36.0. The van der Waals surface area contributed by atoms with Gasteiger partial charge in [-0.05, 0) is 52.2 Å². The average Bonchev–Trinajstić information content (AvgIpc) is 2.75. The summed E-state index contributed by atoms with van der Waals surface area (Å²) in [5, 5.41) is 22.1. The fraction of sp³-hybridized carbons (Fsp3) is 0.500. The highest BCUT2D eigenvalue weighted by atomic mass is 16.6. The van der Waals surface area contributed by atoms with E-state index in [4.69, 9.17) is 9.47 Å². The van der Waals surface area contributed by atoms with Crippen LogP contribution in [0.1, 0.15) is 40.5 Å². The molecule has 0 radical (unpaired) electrons. The topological polar surface area (TPSA) is 93.1 Å². The van der Waals surface area contributed by atoms with Gasteiger partial charge in [0.15, 0.2) is 17.8 Å². The van der Waals surface area contributed by atoms with Gasteiger partial charge in [0.25, 0.3) is 0 Å². The molecule has 0 aromatic carbocycles. The van der Waals surface area contributed by atoms with Gasteiger partial charge in [-0.3, -0.25) is 0 Å². The lowest BCUT2D eigenvalue weighted by molar-refractivity contribution is -0.172.